The third kappa shape index (κ3) is 11.4. The second kappa shape index (κ2) is 18.1. The van der Waals surface area contributed by atoms with Crippen LogP contribution in [0, 0.1) is 11.8 Å². The van der Waals surface area contributed by atoms with Gasteiger partial charge < -0.3 is 39.3 Å². The number of carbonyl (C=O) groups excluding carboxylic acids is 2. The molecule has 1 aromatic carbocycles. The van der Waals surface area contributed by atoms with E-state index in [2.05, 4.69) is 28.8 Å². The number of nitrogens with two attached hydrogens (primary N) is 2. The summed E-state index contributed by atoms with van der Waals surface area (Å²) in [5.41, 5.74) is 14.8. The van der Waals surface area contributed by atoms with Crippen LogP contribution in [0.2, 0.25) is 0 Å². The number of ether oxygens (including phenoxy) is 3. The lowest BCUT2D eigenvalue weighted by Crippen LogP contribution is -2.37. The minimum absolute atomic E-state index is 0.0213. The quantitative estimate of drug-likeness (QED) is 0.1000. The van der Waals surface area contributed by atoms with Crippen LogP contribution in [-0.2, 0) is 50.4 Å². The third-order valence-corrected chi connectivity index (χ3v) is 8.71. The van der Waals surface area contributed by atoms with Gasteiger partial charge in [-0.1, -0.05) is 52.0 Å². The van der Waals surface area contributed by atoms with Crippen LogP contribution in [0.25, 0.3) is 11.2 Å². The number of esters is 2. The summed E-state index contributed by atoms with van der Waals surface area (Å²) in [6, 6.07) is 7.20. The summed E-state index contributed by atoms with van der Waals surface area (Å²) in [6.45, 7) is 9.90. The summed E-state index contributed by atoms with van der Waals surface area (Å²) < 4.78 is 42.6. The molecule has 2 aromatic heterocycles. The number of hydrogen-bond donors (Lipinski definition) is 2. The summed E-state index contributed by atoms with van der Waals surface area (Å²) in [4.78, 5) is 37.0. The lowest BCUT2D eigenvalue weighted by Gasteiger charge is -2.20. The highest BCUT2D eigenvalue weighted by atomic mass is 31.2. The molecule has 46 heavy (non-hydrogen) atoms. The van der Waals surface area contributed by atoms with E-state index in [1.54, 1.807) is 31.7 Å². The van der Waals surface area contributed by atoms with Crippen molar-refractivity contribution < 1.29 is 37.4 Å². The molecule has 3 aromatic rings. The highest BCUT2D eigenvalue weighted by Gasteiger charge is 2.26. The van der Waals surface area contributed by atoms with Crippen LogP contribution < -0.4 is 11.5 Å². The number of nitrogen functional groups attached to an aromatic ring is 1. The van der Waals surface area contributed by atoms with E-state index < -0.39 is 25.5 Å². The number of anilines is 1. The molecule has 0 aliphatic heterocycles. The van der Waals surface area contributed by atoms with Crippen LogP contribution in [0.1, 0.15) is 58.1 Å². The van der Waals surface area contributed by atoms with Crippen molar-refractivity contribution in [1.82, 2.24) is 19.5 Å². The Bertz CT molecular complexity index is 1450. The van der Waals surface area contributed by atoms with Crippen LogP contribution in [-0.4, -0.2) is 76.9 Å². The molecule has 14 nitrogen and oxygen atoms in total. The van der Waals surface area contributed by atoms with Crippen LogP contribution in [0.3, 0.4) is 0 Å². The van der Waals surface area contributed by atoms with Gasteiger partial charge in [0.05, 0.1) is 38.7 Å². The van der Waals surface area contributed by atoms with Gasteiger partial charge in [0, 0.05) is 13.0 Å². The molecule has 0 bridgehead atoms. The SMILES string of the molecule is CC(C)Cc1ccc(C(C)C(=O)OCCCOP(=O)(COCCn2cnc3c(N)ncnc32)OCCOC(=O)[C@@H](N)C(C)C)cc1. The van der Waals surface area contributed by atoms with Gasteiger partial charge in [-0.15, -0.1) is 0 Å². The number of hydrogen-bond acceptors (Lipinski definition) is 13. The number of aromatic nitrogens is 4. The summed E-state index contributed by atoms with van der Waals surface area (Å²) in [7, 11) is -3.79. The maximum Gasteiger partial charge on any atom is 0.356 e. The number of carbonyl (C=O) groups is 2. The van der Waals surface area contributed by atoms with Gasteiger partial charge >= 0.3 is 19.5 Å². The Hall–Kier alpha value is -3.42. The second-order valence-electron chi connectivity index (χ2n) is 11.7. The molecule has 0 saturated carbocycles. The average Bonchev–Trinajstić information content (AvgIpc) is 3.44. The number of benzene rings is 1. The minimum atomic E-state index is -3.79. The van der Waals surface area contributed by atoms with Gasteiger partial charge in [0.15, 0.2) is 11.5 Å². The van der Waals surface area contributed by atoms with E-state index in [1.807, 2.05) is 24.3 Å². The van der Waals surface area contributed by atoms with Crippen LogP contribution in [0.5, 0.6) is 0 Å². The van der Waals surface area contributed by atoms with Gasteiger partial charge in [-0.25, -0.2) is 15.0 Å². The molecule has 0 amide bonds. The predicted molar refractivity (Wildman–Crippen MR) is 173 cm³/mol. The van der Waals surface area contributed by atoms with Crippen LogP contribution in [0.4, 0.5) is 5.82 Å². The lowest BCUT2D eigenvalue weighted by molar-refractivity contribution is -0.147. The van der Waals surface area contributed by atoms with Crippen LogP contribution in [0.15, 0.2) is 36.9 Å². The van der Waals surface area contributed by atoms with Crippen LogP contribution >= 0.6 is 7.60 Å². The molecule has 3 atom stereocenters. The Morgan fingerprint density at radius 2 is 1.59 bits per heavy atom. The molecular weight excluding hydrogens is 615 g/mol. The Labute approximate surface area is 270 Å². The number of fused-ring (bicyclic) bond motifs is 1. The van der Waals surface area contributed by atoms with E-state index >= 15 is 0 Å². The fourth-order valence-corrected chi connectivity index (χ4v) is 5.65. The van der Waals surface area contributed by atoms with Crippen molar-refractivity contribution in [2.75, 3.05) is 45.1 Å². The molecule has 0 aliphatic carbocycles. The first-order valence-corrected chi connectivity index (χ1v) is 17.2. The monoisotopic (exact) mass is 662 g/mol. The topological polar surface area (TPSA) is 193 Å². The van der Waals surface area contributed by atoms with E-state index in [9.17, 15) is 14.2 Å². The molecule has 2 unspecified atom stereocenters. The first-order valence-electron chi connectivity index (χ1n) is 15.4. The van der Waals surface area contributed by atoms with Gasteiger partial charge in [-0.05, 0) is 36.3 Å². The van der Waals surface area contributed by atoms with Gasteiger partial charge in [-0.2, -0.15) is 0 Å². The fraction of sp³-hybridized carbons (Fsp3) is 0.581. The van der Waals surface area contributed by atoms with Gasteiger partial charge in [0.1, 0.15) is 30.8 Å². The van der Waals surface area contributed by atoms with Gasteiger partial charge in [0.25, 0.3) is 0 Å². The lowest BCUT2D eigenvalue weighted by atomic mass is 9.97. The zero-order valence-corrected chi connectivity index (χ0v) is 28.2. The van der Waals surface area contributed by atoms with E-state index in [1.165, 1.54) is 11.9 Å². The Morgan fingerprint density at radius 1 is 0.891 bits per heavy atom. The molecule has 15 heteroatoms. The number of rotatable bonds is 20. The molecule has 0 radical (unpaired) electrons. The highest BCUT2D eigenvalue weighted by molar-refractivity contribution is 7.53. The van der Waals surface area contributed by atoms with Gasteiger partial charge in [-0.3, -0.25) is 14.2 Å². The Kier molecular flexibility index (Phi) is 14.5. The molecule has 4 N–H and O–H groups in total. The van der Waals surface area contributed by atoms with Crippen molar-refractivity contribution in [3.05, 3.63) is 48.0 Å². The average molecular weight is 663 g/mol. The van der Waals surface area contributed by atoms with Crippen molar-refractivity contribution in [2.24, 2.45) is 17.6 Å². The Morgan fingerprint density at radius 3 is 2.28 bits per heavy atom. The Balaban J connectivity index is 1.47. The van der Waals surface area contributed by atoms with E-state index in [-0.39, 0.29) is 63.5 Å². The van der Waals surface area contributed by atoms with Gasteiger partial charge in [0.2, 0.25) is 0 Å². The normalized spacial score (nSPS) is 14.3. The number of imidazole rings is 1. The molecule has 0 fully saturated rings. The van der Waals surface area contributed by atoms with E-state index in [4.69, 9.17) is 34.7 Å². The highest BCUT2D eigenvalue weighted by Crippen LogP contribution is 2.48. The van der Waals surface area contributed by atoms with Crippen molar-refractivity contribution in [1.29, 1.82) is 0 Å². The molecule has 254 valence electrons. The first kappa shape index (κ1) is 37.0. The summed E-state index contributed by atoms with van der Waals surface area (Å²) >= 11 is 0. The molecule has 0 spiro atoms. The standard InChI is InChI=1S/C31H47N6O8P/c1-21(2)17-24-7-9-25(10-8-24)23(5)30(38)42-12-6-13-44-46(40,45-16-15-43-31(39)26(32)22(3)4)20-41-14-11-37-19-36-27-28(33)34-18-35-29(27)37/h7-10,18-19,21-23,26H,6,11-17,20,32H2,1-5H3,(H2,33,34,35)/t23?,26-,46?/m0/s1. The zero-order valence-electron chi connectivity index (χ0n) is 27.3. The second-order valence-corrected chi connectivity index (χ2v) is 13.7. The maximum absolute atomic E-state index is 13.5. The molecule has 3 rings (SSSR count). The van der Waals surface area contributed by atoms with Crippen molar-refractivity contribution in [3.63, 3.8) is 0 Å². The first-order chi connectivity index (χ1) is 21.9. The maximum atomic E-state index is 13.5. The molecule has 0 aliphatic rings. The van der Waals surface area contributed by atoms with Crippen molar-refractivity contribution in [2.45, 2.75) is 66.0 Å². The van der Waals surface area contributed by atoms with E-state index in [0.717, 1.165) is 12.0 Å². The van der Waals surface area contributed by atoms with Crippen molar-refractivity contribution in [3.8, 4) is 0 Å². The van der Waals surface area contributed by atoms with Crippen molar-refractivity contribution >= 4 is 36.5 Å². The zero-order chi connectivity index (χ0) is 33.7. The minimum Gasteiger partial charge on any atom is -0.465 e. The molecule has 0 saturated heterocycles. The molecular formula is C31H47N6O8P. The largest absolute Gasteiger partial charge is 0.465 e. The number of nitrogens with zero attached hydrogens (tertiary/aromatic N) is 4. The van der Waals surface area contributed by atoms with E-state index in [0.29, 0.717) is 23.6 Å². The summed E-state index contributed by atoms with van der Waals surface area (Å²) in [6.07, 6.45) is 3.80. The molecule has 2 heterocycles. The predicted octanol–water partition coefficient (Wildman–Crippen LogP) is 4.07. The smallest absolute Gasteiger partial charge is 0.356 e. The summed E-state index contributed by atoms with van der Waals surface area (Å²) in [5.74, 6) is -0.655. The third-order valence-electron chi connectivity index (χ3n) is 7.06. The fourth-order valence-electron chi connectivity index (χ4n) is 4.31. The summed E-state index contributed by atoms with van der Waals surface area (Å²) in [5, 5.41) is 0.